The van der Waals surface area contributed by atoms with Gasteiger partial charge in [0.25, 0.3) is 5.69 Å². The Morgan fingerprint density at radius 2 is 1.85 bits per heavy atom. The van der Waals surface area contributed by atoms with Crippen LogP contribution in [0.5, 0.6) is 0 Å². The number of hydrogen-bond donors (Lipinski definition) is 0. The molecule has 0 spiro atoms. The number of benzene rings is 2. The van der Waals surface area contributed by atoms with E-state index in [0.29, 0.717) is 21.7 Å². The monoisotopic (exact) mass is 284 g/mol. The number of allylic oxidation sites excluding steroid dienone is 1. The van der Waals surface area contributed by atoms with Gasteiger partial charge in [0.15, 0.2) is 0 Å². The largest absolute Gasteiger partial charge is 0.276 e. The van der Waals surface area contributed by atoms with Gasteiger partial charge in [0.05, 0.1) is 22.1 Å². The molecule has 98 valence electrons. The van der Waals surface area contributed by atoms with Gasteiger partial charge in [-0.2, -0.15) is 5.26 Å². The number of para-hydroxylation sites is 1. The highest BCUT2D eigenvalue weighted by molar-refractivity contribution is 6.30. The molecule has 0 aliphatic carbocycles. The van der Waals surface area contributed by atoms with Gasteiger partial charge in [-0.3, -0.25) is 10.1 Å². The molecule has 0 N–H and O–H groups in total. The Morgan fingerprint density at radius 3 is 2.45 bits per heavy atom. The van der Waals surface area contributed by atoms with Crippen molar-refractivity contribution < 1.29 is 4.92 Å². The molecule has 0 fully saturated rings. The number of hydrogen-bond acceptors (Lipinski definition) is 3. The molecule has 2 rings (SSSR count). The Labute approximate surface area is 120 Å². The minimum Gasteiger partial charge on any atom is -0.258 e. The summed E-state index contributed by atoms with van der Waals surface area (Å²) in [6, 6.07) is 15.1. The Hall–Kier alpha value is -2.64. The minimum absolute atomic E-state index is 0.0331. The molecular formula is C15H9ClN2O2. The van der Waals surface area contributed by atoms with Crippen molar-refractivity contribution in [3.05, 3.63) is 74.8 Å². The quantitative estimate of drug-likeness (QED) is 0.365. The van der Waals surface area contributed by atoms with Crippen LogP contribution < -0.4 is 0 Å². The van der Waals surface area contributed by atoms with Crippen molar-refractivity contribution in [1.82, 2.24) is 0 Å². The Kier molecular flexibility index (Phi) is 4.14. The molecular weight excluding hydrogens is 276 g/mol. The first-order chi connectivity index (χ1) is 9.61. The third-order valence-electron chi connectivity index (χ3n) is 2.71. The Balaban J connectivity index is 2.50. The summed E-state index contributed by atoms with van der Waals surface area (Å²) in [7, 11) is 0. The van der Waals surface area contributed by atoms with Crippen LogP contribution in [0.1, 0.15) is 11.1 Å². The van der Waals surface area contributed by atoms with Crippen molar-refractivity contribution in [2.45, 2.75) is 0 Å². The van der Waals surface area contributed by atoms with Gasteiger partial charge < -0.3 is 0 Å². The van der Waals surface area contributed by atoms with E-state index < -0.39 is 4.92 Å². The highest BCUT2D eigenvalue weighted by Crippen LogP contribution is 2.24. The molecule has 4 nitrogen and oxygen atoms in total. The van der Waals surface area contributed by atoms with Gasteiger partial charge in [-0.05, 0) is 29.8 Å². The number of nitriles is 1. The predicted octanol–water partition coefficient (Wildman–Crippen LogP) is 4.31. The lowest BCUT2D eigenvalue weighted by Gasteiger charge is -2.01. The number of nitro groups is 1. The van der Waals surface area contributed by atoms with Gasteiger partial charge in [-0.25, -0.2) is 0 Å². The van der Waals surface area contributed by atoms with E-state index >= 15 is 0 Å². The molecule has 0 heterocycles. The second-order valence-corrected chi connectivity index (χ2v) is 4.43. The van der Waals surface area contributed by atoms with E-state index in [1.54, 1.807) is 42.5 Å². The van der Waals surface area contributed by atoms with E-state index in [-0.39, 0.29) is 5.69 Å². The second-order valence-electron chi connectivity index (χ2n) is 3.99. The van der Waals surface area contributed by atoms with Gasteiger partial charge in [0.2, 0.25) is 0 Å². The van der Waals surface area contributed by atoms with Crippen LogP contribution in [-0.4, -0.2) is 4.92 Å². The first-order valence-electron chi connectivity index (χ1n) is 5.73. The number of nitro benzene ring substituents is 1. The van der Waals surface area contributed by atoms with Crippen LogP contribution in [0.2, 0.25) is 5.02 Å². The van der Waals surface area contributed by atoms with Crippen molar-refractivity contribution in [3.63, 3.8) is 0 Å². The highest BCUT2D eigenvalue weighted by Gasteiger charge is 2.11. The Bertz CT molecular complexity index is 715. The SMILES string of the molecule is N#CC(=Cc1ccccc1[N+](=O)[O-])c1ccc(Cl)cc1. The summed E-state index contributed by atoms with van der Waals surface area (Å²) in [5.74, 6) is 0. The first-order valence-corrected chi connectivity index (χ1v) is 6.11. The summed E-state index contributed by atoms with van der Waals surface area (Å²) in [5, 5.41) is 20.7. The summed E-state index contributed by atoms with van der Waals surface area (Å²) in [6.45, 7) is 0. The van der Waals surface area contributed by atoms with Crippen molar-refractivity contribution in [3.8, 4) is 6.07 Å². The van der Waals surface area contributed by atoms with Crippen molar-refractivity contribution in [2.75, 3.05) is 0 Å². The van der Waals surface area contributed by atoms with Gasteiger partial charge in [0.1, 0.15) is 0 Å². The van der Waals surface area contributed by atoms with Gasteiger partial charge in [-0.15, -0.1) is 0 Å². The third kappa shape index (κ3) is 3.02. The highest BCUT2D eigenvalue weighted by atomic mass is 35.5. The maximum absolute atomic E-state index is 10.9. The lowest BCUT2D eigenvalue weighted by atomic mass is 10.0. The van der Waals surface area contributed by atoms with Crippen LogP contribution in [0.4, 0.5) is 5.69 Å². The molecule has 20 heavy (non-hydrogen) atoms. The molecule has 5 heteroatoms. The fourth-order valence-electron chi connectivity index (χ4n) is 1.74. The molecule has 0 amide bonds. The average molecular weight is 285 g/mol. The molecule has 0 aliphatic heterocycles. The molecule has 0 radical (unpaired) electrons. The third-order valence-corrected chi connectivity index (χ3v) is 2.96. The van der Waals surface area contributed by atoms with Crippen molar-refractivity contribution in [1.29, 1.82) is 5.26 Å². The van der Waals surface area contributed by atoms with Crippen molar-refractivity contribution in [2.24, 2.45) is 0 Å². The van der Waals surface area contributed by atoms with Gasteiger partial charge in [0, 0.05) is 11.1 Å². The maximum Gasteiger partial charge on any atom is 0.276 e. The predicted molar refractivity (Wildman–Crippen MR) is 78.0 cm³/mol. The zero-order valence-electron chi connectivity index (χ0n) is 10.3. The summed E-state index contributed by atoms with van der Waals surface area (Å²) < 4.78 is 0. The summed E-state index contributed by atoms with van der Waals surface area (Å²) in [5.41, 5.74) is 1.37. The molecule has 2 aromatic carbocycles. The zero-order chi connectivity index (χ0) is 14.5. The fourth-order valence-corrected chi connectivity index (χ4v) is 1.87. The van der Waals surface area contributed by atoms with Gasteiger partial charge >= 0.3 is 0 Å². The van der Waals surface area contributed by atoms with E-state index in [9.17, 15) is 15.4 Å². The molecule has 0 saturated carbocycles. The van der Waals surface area contributed by atoms with Crippen LogP contribution in [0.3, 0.4) is 0 Å². The molecule has 0 atom stereocenters. The minimum atomic E-state index is -0.470. The molecule has 2 aromatic rings. The van der Waals surface area contributed by atoms with Crippen LogP contribution in [0, 0.1) is 21.4 Å². The molecule has 0 bridgehead atoms. The van der Waals surface area contributed by atoms with Gasteiger partial charge in [-0.1, -0.05) is 35.9 Å². The second kappa shape index (κ2) is 6.00. The normalized spacial score (nSPS) is 10.9. The van der Waals surface area contributed by atoms with Crippen LogP contribution >= 0.6 is 11.6 Å². The standard InChI is InChI=1S/C15H9ClN2O2/c16-14-7-5-11(6-8-14)13(10-17)9-12-3-1-2-4-15(12)18(19)20/h1-9H. The fraction of sp³-hybridized carbons (Fsp3) is 0. The smallest absolute Gasteiger partial charge is 0.258 e. The summed E-state index contributed by atoms with van der Waals surface area (Å²) in [4.78, 5) is 10.5. The van der Waals surface area contributed by atoms with E-state index in [2.05, 4.69) is 0 Å². The molecule has 0 saturated heterocycles. The number of nitrogens with zero attached hydrogens (tertiary/aromatic N) is 2. The lowest BCUT2D eigenvalue weighted by molar-refractivity contribution is -0.385. The summed E-state index contributed by atoms with van der Waals surface area (Å²) >= 11 is 5.79. The molecule has 0 aliphatic rings. The van der Waals surface area contributed by atoms with E-state index in [4.69, 9.17) is 11.6 Å². The van der Waals surface area contributed by atoms with E-state index in [1.165, 1.54) is 12.1 Å². The lowest BCUT2D eigenvalue weighted by Crippen LogP contribution is -1.91. The van der Waals surface area contributed by atoms with Crippen LogP contribution in [0.25, 0.3) is 11.6 Å². The van der Waals surface area contributed by atoms with Crippen LogP contribution in [-0.2, 0) is 0 Å². The first kappa shape index (κ1) is 13.8. The topological polar surface area (TPSA) is 66.9 Å². The Morgan fingerprint density at radius 1 is 1.20 bits per heavy atom. The number of halogens is 1. The molecule has 0 aromatic heterocycles. The van der Waals surface area contributed by atoms with E-state index in [0.717, 1.165) is 0 Å². The maximum atomic E-state index is 10.9. The van der Waals surface area contributed by atoms with E-state index in [1.807, 2.05) is 6.07 Å². The average Bonchev–Trinajstić information content (AvgIpc) is 2.46. The molecule has 0 unspecified atom stereocenters. The number of rotatable bonds is 3. The van der Waals surface area contributed by atoms with Crippen molar-refractivity contribution >= 4 is 28.9 Å². The summed E-state index contributed by atoms with van der Waals surface area (Å²) in [6.07, 6.45) is 1.50. The van der Waals surface area contributed by atoms with Crippen LogP contribution in [0.15, 0.2) is 48.5 Å². The zero-order valence-corrected chi connectivity index (χ0v) is 11.0.